The number of halogens is 3. The number of carbonyl (C=O) groups is 1. The SMILES string of the molecule is O=C(CCNCc1cccnc1)Nc1ccc(C(F)(F)F)cc1. The van der Waals surface area contributed by atoms with Crippen molar-refractivity contribution < 1.29 is 18.0 Å². The van der Waals surface area contributed by atoms with Gasteiger partial charge in [0.1, 0.15) is 0 Å². The maximum Gasteiger partial charge on any atom is 0.416 e. The van der Waals surface area contributed by atoms with E-state index in [2.05, 4.69) is 15.6 Å². The van der Waals surface area contributed by atoms with Crippen LogP contribution in [0.2, 0.25) is 0 Å². The molecule has 1 amide bonds. The zero-order chi connectivity index (χ0) is 16.7. The van der Waals surface area contributed by atoms with Crippen LogP contribution >= 0.6 is 0 Å². The van der Waals surface area contributed by atoms with Crippen LogP contribution in [0, 0.1) is 0 Å². The van der Waals surface area contributed by atoms with Gasteiger partial charge >= 0.3 is 6.18 Å². The molecule has 0 bridgehead atoms. The van der Waals surface area contributed by atoms with Crippen molar-refractivity contribution in [1.29, 1.82) is 0 Å². The molecule has 0 saturated carbocycles. The number of carbonyl (C=O) groups excluding carboxylic acids is 1. The quantitative estimate of drug-likeness (QED) is 0.803. The lowest BCUT2D eigenvalue weighted by Gasteiger charge is -2.09. The van der Waals surface area contributed by atoms with Crippen molar-refractivity contribution in [2.24, 2.45) is 0 Å². The highest BCUT2D eigenvalue weighted by Gasteiger charge is 2.29. The van der Waals surface area contributed by atoms with Gasteiger partial charge in [-0.2, -0.15) is 13.2 Å². The molecule has 0 saturated heterocycles. The first-order valence-corrected chi connectivity index (χ1v) is 7.02. The van der Waals surface area contributed by atoms with Crippen molar-refractivity contribution in [3.63, 3.8) is 0 Å². The molecular weight excluding hydrogens is 307 g/mol. The summed E-state index contributed by atoms with van der Waals surface area (Å²) in [5.41, 5.74) is 0.611. The maximum absolute atomic E-state index is 12.4. The van der Waals surface area contributed by atoms with Gasteiger partial charge in [-0.1, -0.05) is 6.07 Å². The average molecular weight is 323 g/mol. The highest BCUT2D eigenvalue weighted by atomic mass is 19.4. The summed E-state index contributed by atoms with van der Waals surface area (Å²) in [4.78, 5) is 15.7. The molecular formula is C16H16F3N3O. The molecule has 0 radical (unpaired) electrons. The van der Waals surface area contributed by atoms with Crippen molar-refractivity contribution in [2.45, 2.75) is 19.1 Å². The van der Waals surface area contributed by atoms with Crippen LogP contribution in [-0.4, -0.2) is 17.4 Å². The van der Waals surface area contributed by atoms with Crippen LogP contribution in [0.1, 0.15) is 17.5 Å². The molecule has 0 spiro atoms. The molecule has 0 unspecified atom stereocenters. The van der Waals surface area contributed by atoms with E-state index in [1.807, 2.05) is 12.1 Å². The van der Waals surface area contributed by atoms with Gasteiger partial charge in [0.2, 0.25) is 5.91 Å². The fraction of sp³-hybridized carbons (Fsp3) is 0.250. The molecule has 0 atom stereocenters. The smallest absolute Gasteiger partial charge is 0.326 e. The summed E-state index contributed by atoms with van der Waals surface area (Å²) >= 11 is 0. The highest BCUT2D eigenvalue weighted by molar-refractivity contribution is 5.90. The Labute approximate surface area is 131 Å². The third-order valence-corrected chi connectivity index (χ3v) is 3.08. The molecule has 0 aliphatic rings. The molecule has 122 valence electrons. The number of aromatic nitrogens is 1. The lowest BCUT2D eigenvalue weighted by atomic mass is 10.2. The number of alkyl halides is 3. The Balaban J connectivity index is 1.72. The lowest BCUT2D eigenvalue weighted by Crippen LogP contribution is -2.21. The van der Waals surface area contributed by atoms with Crippen molar-refractivity contribution in [3.8, 4) is 0 Å². The van der Waals surface area contributed by atoms with Crippen molar-refractivity contribution in [1.82, 2.24) is 10.3 Å². The molecule has 1 aromatic carbocycles. The fourth-order valence-corrected chi connectivity index (χ4v) is 1.90. The molecule has 2 aromatic rings. The minimum atomic E-state index is -4.38. The molecule has 1 aromatic heterocycles. The summed E-state index contributed by atoms with van der Waals surface area (Å²) < 4.78 is 37.3. The van der Waals surface area contributed by atoms with Gasteiger partial charge in [-0.25, -0.2) is 0 Å². The number of nitrogens with zero attached hydrogens (tertiary/aromatic N) is 1. The van der Waals surface area contributed by atoms with Crippen LogP contribution in [0.25, 0.3) is 0 Å². The zero-order valence-electron chi connectivity index (χ0n) is 12.2. The number of anilines is 1. The van der Waals surface area contributed by atoms with E-state index in [0.29, 0.717) is 18.8 Å². The summed E-state index contributed by atoms with van der Waals surface area (Å²) in [5.74, 6) is -0.261. The first kappa shape index (κ1) is 17.0. The van der Waals surface area contributed by atoms with Gasteiger partial charge in [0.15, 0.2) is 0 Å². The van der Waals surface area contributed by atoms with E-state index in [-0.39, 0.29) is 12.3 Å². The normalized spacial score (nSPS) is 11.3. The lowest BCUT2D eigenvalue weighted by molar-refractivity contribution is -0.137. The summed E-state index contributed by atoms with van der Waals surface area (Å²) in [6, 6.07) is 8.11. The van der Waals surface area contributed by atoms with Crippen molar-refractivity contribution in [2.75, 3.05) is 11.9 Å². The van der Waals surface area contributed by atoms with Gasteiger partial charge < -0.3 is 10.6 Å². The van der Waals surface area contributed by atoms with Gasteiger partial charge in [0.05, 0.1) is 5.56 Å². The highest BCUT2D eigenvalue weighted by Crippen LogP contribution is 2.29. The maximum atomic E-state index is 12.4. The van der Waals surface area contributed by atoms with Crippen LogP contribution < -0.4 is 10.6 Å². The molecule has 2 N–H and O–H groups in total. The van der Waals surface area contributed by atoms with E-state index in [9.17, 15) is 18.0 Å². The Kier molecular flexibility index (Phi) is 5.70. The number of benzene rings is 1. The van der Waals surface area contributed by atoms with Gasteiger partial charge in [0.25, 0.3) is 0 Å². The minimum absolute atomic E-state index is 0.223. The second-order valence-electron chi connectivity index (χ2n) is 4.91. The standard InChI is InChI=1S/C16H16F3N3O/c17-16(18,19)13-3-5-14(6-4-13)22-15(23)7-9-21-11-12-2-1-8-20-10-12/h1-6,8,10,21H,7,9,11H2,(H,22,23). The first-order valence-electron chi connectivity index (χ1n) is 7.02. The molecule has 0 aliphatic heterocycles. The topological polar surface area (TPSA) is 54.0 Å². The number of nitrogens with one attached hydrogen (secondary N) is 2. The third-order valence-electron chi connectivity index (χ3n) is 3.08. The van der Waals surface area contributed by atoms with E-state index < -0.39 is 11.7 Å². The monoisotopic (exact) mass is 323 g/mol. The molecule has 2 rings (SSSR count). The van der Waals surface area contributed by atoms with Crippen LogP contribution in [0.4, 0.5) is 18.9 Å². The van der Waals surface area contributed by atoms with Gasteiger partial charge in [-0.15, -0.1) is 0 Å². The summed E-state index contributed by atoms with van der Waals surface area (Å²) in [5, 5.41) is 5.66. The molecule has 1 heterocycles. The van der Waals surface area contributed by atoms with Gasteiger partial charge in [0, 0.05) is 37.6 Å². The number of hydrogen-bond acceptors (Lipinski definition) is 3. The molecule has 7 heteroatoms. The molecule has 4 nitrogen and oxygen atoms in total. The fourth-order valence-electron chi connectivity index (χ4n) is 1.90. The van der Waals surface area contributed by atoms with E-state index >= 15 is 0 Å². The zero-order valence-corrected chi connectivity index (χ0v) is 12.2. The number of rotatable bonds is 6. The van der Waals surface area contributed by atoms with Crippen LogP contribution in [0.15, 0.2) is 48.8 Å². The average Bonchev–Trinajstić information content (AvgIpc) is 2.52. The second kappa shape index (κ2) is 7.73. The third kappa shape index (κ3) is 5.71. The Morgan fingerprint density at radius 1 is 1.13 bits per heavy atom. The van der Waals surface area contributed by atoms with Crippen molar-refractivity contribution in [3.05, 3.63) is 59.9 Å². The van der Waals surface area contributed by atoms with E-state index in [0.717, 1.165) is 17.7 Å². The van der Waals surface area contributed by atoms with Gasteiger partial charge in [-0.05, 0) is 35.9 Å². The van der Waals surface area contributed by atoms with E-state index in [1.54, 1.807) is 12.4 Å². The molecule has 0 fully saturated rings. The predicted molar refractivity (Wildman–Crippen MR) is 80.6 cm³/mol. The Morgan fingerprint density at radius 2 is 1.87 bits per heavy atom. The molecule has 23 heavy (non-hydrogen) atoms. The second-order valence-corrected chi connectivity index (χ2v) is 4.91. The largest absolute Gasteiger partial charge is 0.416 e. The minimum Gasteiger partial charge on any atom is -0.326 e. The number of amides is 1. The number of hydrogen-bond donors (Lipinski definition) is 2. The Bertz CT molecular complexity index is 627. The summed E-state index contributed by atoms with van der Waals surface area (Å²) in [6.07, 6.45) is -0.740. The van der Waals surface area contributed by atoms with Crippen molar-refractivity contribution >= 4 is 11.6 Å². The summed E-state index contributed by atoms with van der Waals surface area (Å²) in [7, 11) is 0. The Morgan fingerprint density at radius 3 is 2.48 bits per heavy atom. The molecule has 0 aliphatic carbocycles. The predicted octanol–water partition coefficient (Wildman–Crippen LogP) is 3.22. The first-order chi connectivity index (χ1) is 10.9. The summed E-state index contributed by atoms with van der Waals surface area (Å²) in [6.45, 7) is 1.06. The Hall–Kier alpha value is -2.41. The van der Waals surface area contributed by atoms with Crippen LogP contribution in [0.3, 0.4) is 0 Å². The van der Waals surface area contributed by atoms with E-state index in [1.165, 1.54) is 12.1 Å². The number of pyridine rings is 1. The van der Waals surface area contributed by atoms with Crippen LogP contribution in [0.5, 0.6) is 0 Å². The van der Waals surface area contributed by atoms with Gasteiger partial charge in [-0.3, -0.25) is 9.78 Å². The van der Waals surface area contributed by atoms with Crippen LogP contribution in [-0.2, 0) is 17.5 Å². The van der Waals surface area contributed by atoms with E-state index in [4.69, 9.17) is 0 Å².